The number of methoxy groups -OCH3 is 3. The number of carbonyl (C=O) groups is 2. The zero-order valence-corrected chi connectivity index (χ0v) is 18.3. The Balaban J connectivity index is 1.50. The van der Waals surface area contributed by atoms with Crippen molar-refractivity contribution in [1.82, 2.24) is 10.2 Å². The van der Waals surface area contributed by atoms with Crippen LogP contribution in [0.1, 0.15) is 28.8 Å². The van der Waals surface area contributed by atoms with Gasteiger partial charge in [0.05, 0.1) is 21.3 Å². The Morgan fingerprint density at radius 2 is 1.55 bits per heavy atom. The third-order valence-electron chi connectivity index (χ3n) is 5.67. The average Bonchev–Trinajstić information content (AvgIpc) is 2.83. The minimum atomic E-state index is -0.132. The van der Waals surface area contributed by atoms with Gasteiger partial charge in [-0.05, 0) is 49.1 Å². The fourth-order valence-corrected chi connectivity index (χ4v) is 3.83. The van der Waals surface area contributed by atoms with Gasteiger partial charge in [-0.3, -0.25) is 9.59 Å². The maximum atomic E-state index is 13.1. The second-order valence-electron chi connectivity index (χ2n) is 7.49. The van der Waals surface area contributed by atoms with Crippen LogP contribution in [0.25, 0.3) is 0 Å². The van der Waals surface area contributed by atoms with Crippen LogP contribution in [0.15, 0.2) is 42.5 Å². The molecule has 2 aromatic rings. The van der Waals surface area contributed by atoms with Crippen molar-refractivity contribution in [3.8, 4) is 17.2 Å². The van der Waals surface area contributed by atoms with E-state index in [1.54, 1.807) is 30.2 Å². The van der Waals surface area contributed by atoms with E-state index in [0.29, 0.717) is 49.5 Å². The quantitative estimate of drug-likeness (QED) is 0.702. The third-order valence-corrected chi connectivity index (χ3v) is 5.67. The molecule has 31 heavy (non-hydrogen) atoms. The summed E-state index contributed by atoms with van der Waals surface area (Å²) < 4.78 is 15.9. The number of hydrogen-bond acceptors (Lipinski definition) is 5. The summed E-state index contributed by atoms with van der Waals surface area (Å²) in [4.78, 5) is 27.4. The Hall–Kier alpha value is -3.22. The van der Waals surface area contributed by atoms with Crippen LogP contribution < -0.4 is 19.5 Å². The molecule has 0 saturated carbocycles. The first-order valence-electron chi connectivity index (χ1n) is 10.5. The lowest BCUT2D eigenvalue weighted by atomic mass is 9.95. The fraction of sp³-hybridized carbons (Fsp3) is 0.417. The molecule has 0 unspecified atom stereocenters. The van der Waals surface area contributed by atoms with Crippen LogP contribution in [0.4, 0.5) is 0 Å². The first-order chi connectivity index (χ1) is 15.1. The highest BCUT2D eigenvalue weighted by Gasteiger charge is 2.30. The van der Waals surface area contributed by atoms with Crippen molar-refractivity contribution in [3.63, 3.8) is 0 Å². The second kappa shape index (κ2) is 10.7. The fourth-order valence-electron chi connectivity index (χ4n) is 3.83. The van der Waals surface area contributed by atoms with Crippen LogP contribution in [0.2, 0.25) is 0 Å². The molecule has 1 fully saturated rings. The molecule has 1 saturated heterocycles. The first-order valence-corrected chi connectivity index (χ1v) is 10.5. The molecule has 3 rings (SSSR count). The molecule has 0 aliphatic carbocycles. The number of rotatable bonds is 8. The van der Waals surface area contributed by atoms with E-state index in [4.69, 9.17) is 14.2 Å². The van der Waals surface area contributed by atoms with Gasteiger partial charge in [-0.2, -0.15) is 0 Å². The molecule has 7 heteroatoms. The molecule has 166 valence electrons. The van der Waals surface area contributed by atoms with E-state index in [2.05, 4.69) is 5.32 Å². The summed E-state index contributed by atoms with van der Waals surface area (Å²) in [5.74, 6) is 1.63. The van der Waals surface area contributed by atoms with Gasteiger partial charge in [-0.15, -0.1) is 0 Å². The van der Waals surface area contributed by atoms with E-state index in [1.165, 1.54) is 14.2 Å². The molecule has 2 amide bonds. The van der Waals surface area contributed by atoms with Crippen LogP contribution in [0.5, 0.6) is 17.2 Å². The Morgan fingerprint density at radius 3 is 2.10 bits per heavy atom. The SMILES string of the molecule is COc1ccc(CCNC(=O)C2CCN(C(=O)c3c(OC)cccc3OC)CC2)cc1. The number of nitrogens with one attached hydrogen (secondary N) is 1. The lowest BCUT2D eigenvalue weighted by molar-refractivity contribution is -0.126. The highest BCUT2D eigenvalue weighted by Crippen LogP contribution is 2.31. The van der Waals surface area contributed by atoms with Gasteiger partial charge in [0.1, 0.15) is 22.8 Å². The summed E-state index contributed by atoms with van der Waals surface area (Å²) >= 11 is 0. The molecule has 1 aliphatic heterocycles. The molecule has 7 nitrogen and oxygen atoms in total. The monoisotopic (exact) mass is 426 g/mol. The predicted molar refractivity (Wildman–Crippen MR) is 118 cm³/mol. The zero-order chi connectivity index (χ0) is 22.2. The number of ether oxygens (including phenoxy) is 3. The molecule has 0 radical (unpaired) electrons. The summed E-state index contributed by atoms with van der Waals surface area (Å²) in [6.07, 6.45) is 2.04. The van der Waals surface area contributed by atoms with Gasteiger partial charge in [0, 0.05) is 25.6 Å². The van der Waals surface area contributed by atoms with Gasteiger partial charge in [-0.1, -0.05) is 18.2 Å². The van der Waals surface area contributed by atoms with Crippen LogP contribution in [-0.4, -0.2) is 57.7 Å². The highest BCUT2D eigenvalue weighted by atomic mass is 16.5. The van der Waals surface area contributed by atoms with E-state index in [9.17, 15) is 9.59 Å². The van der Waals surface area contributed by atoms with E-state index < -0.39 is 0 Å². The molecule has 0 spiro atoms. The molecular weight excluding hydrogens is 396 g/mol. The molecular formula is C24H30N2O5. The van der Waals surface area contributed by atoms with Crippen molar-refractivity contribution in [1.29, 1.82) is 0 Å². The Labute approximate surface area is 183 Å². The summed E-state index contributed by atoms with van der Waals surface area (Å²) in [5.41, 5.74) is 1.57. The van der Waals surface area contributed by atoms with Crippen molar-refractivity contribution in [3.05, 3.63) is 53.6 Å². The Morgan fingerprint density at radius 1 is 0.935 bits per heavy atom. The zero-order valence-electron chi connectivity index (χ0n) is 18.3. The number of benzene rings is 2. The predicted octanol–water partition coefficient (Wildman–Crippen LogP) is 2.92. The van der Waals surface area contributed by atoms with E-state index >= 15 is 0 Å². The van der Waals surface area contributed by atoms with Gasteiger partial charge < -0.3 is 24.4 Å². The maximum Gasteiger partial charge on any atom is 0.261 e. The topological polar surface area (TPSA) is 77.1 Å². The third kappa shape index (κ3) is 5.48. The minimum absolute atomic E-state index is 0.0514. The molecule has 0 atom stereocenters. The Kier molecular flexibility index (Phi) is 7.76. The standard InChI is InChI=1S/C24H30N2O5/c1-29-19-9-7-17(8-10-19)11-14-25-23(27)18-12-15-26(16-13-18)24(28)22-20(30-2)5-4-6-21(22)31-3/h4-10,18H,11-16H2,1-3H3,(H,25,27). The maximum absolute atomic E-state index is 13.1. The van der Waals surface area contributed by atoms with Crippen molar-refractivity contribution in [2.75, 3.05) is 41.0 Å². The number of likely N-dealkylation sites (tertiary alicyclic amines) is 1. The van der Waals surface area contributed by atoms with Crippen LogP contribution >= 0.6 is 0 Å². The van der Waals surface area contributed by atoms with Gasteiger partial charge in [0.25, 0.3) is 5.91 Å². The number of carbonyl (C=O) groups excluding carboxylic acids is 2. The normalized spacial score (nSPS) is 14.1. The molecule has 2 aromatic carbocycles. The van der Waals surface area contributed by atoms with Gasteiger partial charge in [0.15, 0.2) is 0 Å². The summed E-state index contributed by atoms with van der Waals surface area (Å²) in [5, 5.41) is 3.03. The number of hydrogen-bond donors (Lipinski definition) is 1. The summed E-state index contributed by atoms with van der Waals surface area (Å²) in [6.45, 7) is 1.63. The van der Waals surface area contributed by atoms with Gasteiger partial charge in [-0.25, -0.2) is 0 Å². The van der Waals surface area contributed by atoms with Crippen LogP contribution in [0, 0.1) is 5.92 Å². The van der Waals surface area contributed by atoms with Crippen LogP contribution in [-0.2, 0) is 11.2 Å². The largest absolute Gasteiger partial charge is 0.497 e. The van der Waals surface area contributed by atoms with E-state index in [0.717, 1.165) is 17.7 Å². The molecule has 0 aromatic heterocycles. The Bertz CT molecular complexity index is 867. The summed E-state index contributed by atoms with van der Waals surface area (Å²) in [7, 11) is 4.71. The van der Waals surface area contributed by atoms with Gasteiger partial charge in [0.2, 0.25) is 5.91 Å². The van der Waals surface area contributed by atoms with E-state index in [-0.39, 0.29) is 17.7 Å². The van der Waals surface area contributed by atoms with Crippen molar-refractivity contribution in [2.45, 2.75) is 19.3 Å². The summed E-state index contributed by atoms with van der Waals surface area (Å²) in [6, 6.07) is 13.1. The molecule has 1 N–H and O–H groups in total. The molecule has 0 bridgehead atoms. The highest BCUT2D eigenvalue weighted by molar-refractivity contribution is 6.00. The number of amides is 2. The lowest BCUT2D eigenvalue weighted by Gasteiger charge is -2.32. The molecule has 1 aliphatic rings. The number of nitrogens with zero attached hydrogens (tertiary/aromatic N) is 1. The van der Waals surface area contributed by atoms with E-state index in [1.807, 2.05) is 24.3 Å². The lowest BCUT2D eigenvalue weighted by Crippen LogP contribution is -2.43. The smallest absolute Gasteiger partial charge is 0.261 e. The molecule has 1 heterocycles. The second-order valence-corrected chi connectivity index (χ2v) is 7.49. The van der Waals surface area contributed by atoms with Crippen molar-refractivity contribution < 1.29 is 23.8 Å². The first kappa shape index (κ1) is 22.5. The van der Waals surface area contributed by atoms with Gasteiger partial charge >= 0.3 is 0 Å². The number of piperidine rings is 1. The minimum Gasteiger partial charge on any atom is -0.497 e. The van der Waals surface area contributed by atoms with Crippen LogP contribution in [0.3, 0.4) is 0 Å². The average molecular weight is 427 g/mol. The van der Waals surface area contributed by atoms with Crippen molar-refractivity contribution in [2.24, 2.45) is 5.92 Å². The van der Waals surface area contributed by atoms with Crippen molar-refractivity contribution >= 4 is 11.8 Å².